The molecular weight excluding hydrogens is 416 g/mol. The molecule has 7 nitrogen and oxygen atoms in total. The molecule has 4 rings (SSSR count). The van der Waals surface area contributed by atoms with E-state index in [0.717, 1.165) is 62.5 Å². The molecule has 1 amide bonds. The number of carboxylic acids is 1. The number of amides is 1. The van der Waals surface area contributed by atoms with E-state index in [1.807, 2.05) is 34.9 Å². The first-order chi connectivity index (χ1) is 16.0. The number of carboxylic acid groups (broad SMARTS) is 1. The maximum Gasteiger partial charge on any atom is 0.320 e. The molecule has 1 aromatic carbocycles. The molecule has 2 fully saturated rings. The Morgan fingerprint density at radius 2 is 1.97 bits per heavy atom. The van der Waals surface area contributed by atoms with E-state index in [-0.39, 0.29) is 18.0 Å². The quantitative estimate of drug-likeness (QED) is 0.661. The highest BCUT2D eigenvalue weighted by atomic mass is 16.4. The third-order valence-electron chi connectivity index (χ3n) is 7.48. The van der Waals surface area contributed by atoms with Crippen LogP contribution in [-0.2, 0) is 22.6 Å². The van der Waals surface area contributed by atoms with Crippen molar-refractivity contribution in [2.45, 2.75) is 83.5 Å². The van der Waals surface area contributed by atoms with Crippen molar-refractivity contribution in [3.8, 4) is 6.07 Å². The second kappa shape index (κ2) is 9.96. The number of hydrogen-bond acceptors (Lipinski definition) is 4. The minimum Gasteiger partial charge on any atom is -0.480 e. The number of fused-ring (bicyclic) bond motifs is 1. The number of carbonyl (C=O) groups excluding carboxylic acids is 1. The number of rotatable bonds is 8. The van der Waals surface area contributed by atoms with Gasteiger partial charge in [0.05, 0.1) is 17.7 Å². The second-order valence-corrected chi connectivity index (χ2v) is 9.29. The molecule has 1 aromatic heterocycles. The summed E-state index contributed by atoms with van der Waals surface area (Å²) in [5.41, 5.74) is 3.00. The van der Waals surface area contributed by atoms with Gasteiger partial charge < -0.3 is 14.6 Å². The zero-order chi connectivity index (χ0) is 23.5. The maximum atomic E-state index is 13.5. The van der Waals surface area contributed by atoms with Gasteiger partial charge in [0, 0.05) is 30.3 Å². The molecule has 33 heavy (non-hydrogen) atoms. The first-order valence-electron chi connectivity index (χ1n) is 12.3. The van der Waals surface area contributed by atoms with Crippen LogP contribution in [0.3, 0.4) is 0 Å². The highest BCUT2D eigenvalue weighted by Gasteiger charge is 2.41. The lowest BCUT2D eigenvalue weighted by Gasteiger charge is -2.34. The van der Waals surface area contributed by atoms with Crippen LogP contribution in [0.1, 0.15) is 63.6 Å². The Hall–Kier alpha value is -2.85. The lowest BCUT2D eigenvalue weighted by molar-refractivity contribution is -0.146. The summed E-state index contributed by atoms with van der Waals surface area (Å²) in [7, 11) is 0. The Morgan fingerprint density at radius 1 is 1.18 bits per heavy atom. The Labute approximate surface area is 195 Å². The van der Waals surface area contributed by atoms with Gasteiger partial charge in [-0.2, -0.15) is 5.26 Å². The SMILES string of the molecule is CCC(C(=O)O)N1CCCC1C(=O)N1CCCC1CCc1cc2ccc(C#N)cc2n1CC. The van der Waals surface area contributed by atoms with Crippen molar-refractivity contribution in [3.63, 3.8) is 0 Å². The molecule has 0 spiro atoms. The topological polar surface area (TPSA) is 89.6 Å². The Kier molecular flexibility index (Phi) is 7.04. The first kappa shape index (κ1) is 23.3. The summed E-state index contributed by atoms with van der Waals surface area (Å²) < 4.78 is 2.27. The summed E-state index contributed by atoms with van der Waals surface area (Å²) in [6.07, 6.45) is 5.91. The maximum absolute atomic E-state index is 13.5. The van der Waals surface area contributed by atoms with Crippen LogP contribution in [0.5, 0.6) is 0 Å². The smallest absolute Gasteiger partial charge is 0.320 e. The largest absolute Gasteiger partial charge is 0.480 e. The van der Waals surface area contributed by atoms with Crippen LogP contribution in [0.4, 0.5) is 0 Å². The number of likely N-dealkylation sites (tertiary alicyclic amines) is 2. The Morgan fingerprint density at radius 3 is 2.67 bits per heavy atom. The lowest BCUT2D eigenvalue weighted by Crippen LogP contribution is -2.52. The summed E-state index contributed by atoms with van der Waals surface area (Å²) in [5, 5.41) is 20.0. The molecule has 7 heteroatoms. The van der Waals surface area contributed by atoms with Crippen LogP contribution in [-0.4, -0.2) is 62.6 Å². The molecule has 0 aliphatic carbocycles. The van der Waals surface area contributed by atoms with Crippen molar-refractivity contribution < 1.29 is 14.7 Å². The molecule has 3 atom stereocenters. The summed E-state index contributed by atoms with van der Waals surface area (Å²) in [5.74, 6) is -0.716. The summed E-state index contributed by atoms with van der Waals surface area (Å²) >= 11 is 0. The lowest BCUT2D eigenvalue weighted by atomic mass is 10.1. The van der Waals surface area contributed by atoms with E-state index in [2.05, 4.69) is 23.6 Å². The standard InChI is InChI=1S/C26H34N4O3/c1-3-22(26(32)33)30-14-6-8-23(30)25(31)29-13-5-7-20(29)11-12-21-16-19-10-9-18(17-27)15-24(19)28(21)4-2/h9-10,15-16,20,22-23H,3-8,11-14H2,1-2H3,(H,32,33). The van der Waals surface area contributed by atoms with Gasteiger partial charge in [0.1, 0.15) is 6.04 Å². The summed E-state index contributed by atoms with van der Waals surface area (Å²) in [4.78, 5) is 29.2. The molecule has 176 valence electrons. The van der Waals surface area contributed by atoms with Crippen molar-refractivity contribution in [2.75, 3.05) is 13.1 Å². The molecule has 2 aromatic rings. The first-order valence-corrected chi connectivity index (χ1v) is 12.3. The van der Waals surface area contributed by atoms with Crippen LogP contribution in [0.25, 0.3) is 10.9 Å². The van der Waals surface area contributed by atoms with E-state index in [4.69, 9.17) is 0 Å². The number of hydrogen-bond donors (Lipinski definition) is 1. The van der Waals surface area contributed by atoms with Gasteiger partial charge in [0.15, 0.2) is 0 Å². The van der Waals surface area contributed by atoms with Gasteiger partial charge in [0.25, 0.3) is 0 Å². The van der Waals surface area contributed by atoms with Crippen LogP contribution < -0.4 is 0 Å². The normalized spacial score (nSPS) is 22.0. The van der Waals surface area contributed by atoms with Gasteiger partial charge in [-0.3, -0.25) is 14.5 Å². The van der Waals surface area contributed by atoms with Crippen LogP contribution in [0.15, 0.2) is 24.3 Å². The number of nitriles is 1. The fraction of sp³-hybridized carbons (Fsp3) is 0.577. The number of nitrogens with zero attached hydrogens (tertiary/aromatic N) is 4. The predicted octanol–water partition coefficient (Wildman–Crippen LogP) is 3.78. The molecule has 2 aliphatic heterocycles. The van der Waals surface area contributed by atoms with Crippen LogP contribution in [0, 0.1) is 11.3 Å². The predicted molar refractivity (Wildman–Crippen MR) is 127 cm³/mol. The average molecular weight is 451 g/mol. The van der Waals surface area contributed by atoms with Crippen molar-refractivity contribution in [1.29, 1.82) is 5.26 Å². The molecular formula is C26H34N4O3. The van der Waals surface area contributed by atoms with Gasteiger partial charge >= 0.3 is 5.97 Å². The van der Waals surface area contributed by atoms with E-state index in [0.29, 0.717) is 18.5 Å². The highest BCUT2D eigenvalue weighted by Crippen LogP contribution is 2.30. The number of aryl methyl sites for hydroxylation is 2. The van der Waals surface area contributed by atoms with Crippen molar-refractivity contribution >= 4 is 22.8 Å². The van der Waals surface area contributed by atoms with Gasteiger partial charge in [-0.25, -0.2) is 0 Å². The molecule has 0 saturated carbocycles. The zero-order valence-electron chi connectivity index (χ0n) is 19.7. The van der Waals surface area contributed by atoms with E-state index < -0.39 is 12.0 Å². The fourth-order valence-electron chi connectivity index (χ4n) is 5.87. The van der Waals surface area contributed by atoms with Gasteiger partial charge in [0.2, 0.25) is 5.91 Å². The van der Waals surface area contributed by atoms with Gasteiger partial charge in [-0.05, 0) is 82.0 Å². The van der Waals surface area contributed by atoms with E-state index in [1.54, 1.807) is 0 Å². The summed E-state index contributed by atoms with van der Waals surface area (Å²) in [6.45, 7) is 6.28. The van der Waals surface area contributed by atoms with Gasteiger partial charge in [-0.15, -0.1) is 0 Å². The minimum atomic E-state index is -0.831. The number of aromatic nitrogens is 1. The molecule has 3 heterocycles. The third-order valence-corrected chi connectivity index (χ3v) is 7.48. The minimum absolute atomic E-state index is 0.115. The Balaban J connectivity index is 1.48. The fourth-order valence-corrected chi connectivity index (χ4v) is 5.87. The van der Waals surface area contributed by atoms with Crippen molar-refractivity contribution in [2.24, 2.45) is 0 Å². The van der Waals surface area contributed by atoms with E-state index >= 15 is 0 Å². The average Bonchev–Trinajstić information content (AvgIpc) is 3.55. The van der Waals surface area contributed by atoms with Crippen LogP contribution >= 0.6 is 0 Å². The van der Waals surface area contributed by atoms with Crippen molar-refractivity contribution in [1.82, 2.24) is 14.4 Å². The Bertz CT molecular complexity index is 1070. The number of benzene rings is 1. The highest BCUT2D eigenvalue weighted by molar-refractivity contribution is 5.84. The summed E-state index contributed by atoms with van der Waals surface area (Å²) in [6, 6.07) is 9.56. The van der Waals surface area contributed by atoms with E-state index in [1.165, 1.54) is 5.69 Å². The van der Waals surface area contributed by atoms with Gasteiger partial charge in [-0.1, -0.05) is 13.0 Å². The number of aliphatic carboxylic acids is 1. The molecule has 0 bridgehead atoms. The van der Waals surface area contributed by atoms with Crippen molar-refractivity contribution in [3.05, 3.63) is 35.5 Å². The molecule has 1 N–H and O–H groups in total. The van der Waals surface area contributed by atoms with E-state index in [9.17, 15) is 20.0 Å². The molecule has 3 unspecified atom stereocenters. The third kappa shape index (κ3) is 4.49. The van der Waals surface area contributed by atoms with Crippen LogP contribution in [0.2, 0.25) is 0 Å². The molecule has 2 saturated heterocycles. The number of carbonyl (C=O) groups is 2. The second-order valence-electron chi connectivity index (χ2n) is 9.29. The molecule has 0 radical (unpaired) electrons. The zero-order valence-corrected chi connectivity index (χ0v) is 19.7. The monoisotopic (exact) mass is 450 g/mol. The molecule has 2 aliphatic rings.